The van der Waals surface area contributed by atoms with Gasteiger partial charge in [0.15, 0.2) is 29.6 Å². The predicted octanol–water partition coefficient (Wildman–Crippen LogP) is 6.50. The van der Waals surface area contributed by atoms with Crippen molar-refractivity contribution in [2.75, 3.05) is 20.2 Å². The van der Waals surface area contributed by atoms with Crippen LogP contribution < -0.4 is 23.7 Å². The van der Waals surface area contributed by atoms with Crippen LogP contribution in [0.5, 0.6) is 28.7 Å². The fraction of sp³-hybridized carbons (Fsp3) is 0.235. The Bertz CT molecular complexity index is 1780. The van der Waals surface area contributed by atoms with Gasteiger partial charge in [-0.1, -0.05) is 42.5 Å². The van der Waals surface area contributed by atoms with Gasteiger partial charge in [0, 0.05) is 5.92 Å². The minimum atomic E-state index is -0.275. The van der Waals surface area contributed by atoms with E-state index < -0.39 is 0 Å². The van der Waals surface area contributed by atoms with E-state index in [1.54, 1.807) is 5.01 Å². The number of ether oxygens (including phenoxy) is 5. The molecule has 0 bridgehead atoms. The van der Waals surface area contributed by atoms with Crippen molar-refractivity contribution in [3.05, 3.63) is 95.6 Å². The van der Waals surface area contributed by atoms with Gasteiger partial charge in [-0.3, -0.25) is 4.79 Å². The molecule has 210 valence electrons. The molecule has 1 saturated carbocycles. The number of carbonyl (C=O) groups excluding carboxylic acids is 1. The number of fused-ring (bicyclic) bond motifs is 4. The zero-order valence-corrected chi connectivity index (χ0v) is 22.8. The Morgan fingerprint density at radius 1 is 0.857 bits per heavy atom. The minimum absolute atomic E-state index is 0.0454. The summed E-state index contributed by atoms with van der Waals surface area (Å²) in [4.78, 5) is 13.8. The summed E-state index contributed by atoms with van der Waals surface area (Å²) in [5, 5.41) is 8.80. The van der Waals surface area contributed by atoms with Crippen LogP contribution in [0.2, 0.25) is 0 Å². The second-order valence-corrected chi connectivity index (χ2v) is 10.9. The van der Waals surface area contributed by atoms with Gasteiger partial charge in [-0.15, -0.1) is 0 Å². The van der Waals surface area contributed by atoms with E-state index in [4.69, 9.17) is 28.8 Å². The van der Waals surface area contributed by atoms with Gasteiger partial charge in [-0.2, -0.15) is 5.10 Å². The van der Waals surface area contributed by atoms with Crippen LogP contribution in [0.1, 0.15) is 36.4 Å². The number of carbonyl (C=O) groups is 1. The molecule has 42 heavy (non-hydrogen) atoms. The molecule has 2 atom stereocenters. The zero-order valence-electron chi connectivity index (χ0n) is 22.8. The largest absolute Gasteiger partial charge is 0.484 e. The number of rotatable bonds is 5. The van der Waals surface area contributed by atoms with Crippen LogP contribution in [0.15, 0.2) is 89.5 Å². The lowest BCUT2D eigenvalue weighted by atomic mass is 9.77. The highest BCUT2D eigenvalue weighted by atomic mass is 16.7. The van der Waals surface area contributed by atoms with Crippen LogP contribution in [-0.2, 0) is 4.79 Å². The molecule has 8 nitrogen and oxygen atoms in total. The molecule has 1 aliphatic carbocycles. The van der Waals surface area contributed by atoms with E-state index in [1.165, 1.54) is 0 Å². The van der Waals surface area contributed by atoms with Crippen molar-refractivity contribution < 1.29 is 28.5 Å². The second-order valence-electron chi connectivity index (χ2n) is 10.9. The van der Waals surface area contributed by atoms with Crippen LogP contribution in [-0.4, -0.2) is 36.8 Å². The maximum atomic E-state index is 13.8. The third-order valence-corrected chi connectivity index (χ3v) is 8.32. The summed E-state index contributed by atoms with van der Waals surface area (Å²) in [6.45, 7) is 0.309. The molecule has 0 aromatic heterocycles. The number of nitrogens with zero attached hydrogens (tertiary/aromatic N) is 2. The Morgan fingerprint density at radius 2 is 1.62 bits per heavy atom. The molecule has 4 aromatic carbocycles. The standard InChI is InChI=1S/C34H28N2O6/c37-32(18-38-26-11-9-22-4-1-2-5-23(22)16-26)36-34(25-10-13-29-31(17-25)42-20-40-29)27-7-3-6-24(33(27)35-36)14-21-8-12-28-30(15-21)41-19-39-28/h1-2,4-5,8-17,27,34H,3,6-7,18-20H2/b24-14+/t27-,34-/m0/s1. The molecule has 4 aromatic rings. The Kier molecular flexibility index (Phi) is 5.98. The van der Waals surface area contributed by atoms with Crippen molar-refractivity contribution in [3.63, 3.8) is 0 Å². The Hall–Kier alpha value is -4.98. The molecule has 3 aliphatic heterocycles. The molecule has 4 aliphatic rings. The maximum absolute atomic E-state index is 13.8. The van der Waals surface area contributed by atoms with E-state index in [0.717, 1.165) is 63.9 Å². The highest BCUT2D eigenvalue weighted by Crippen LogP contribution is 2.46. The van der Waals surface area contributed by atoms with Gasteiger partial charge in [-0.25, -0.2) is 5.01 Å². The Labute approximate surface area is 242 Å². The number of benzene rings is 4. The molecular formula is C34H28N2O6. The van der Waals surface area contributed by atoms with Crippen molar-refractivity contribution in [3.8, 4) is 28.7 Å². The molecule has 0 saturated heterocycles. The summed E-state index contributed by atoms with van der Waals surface area (Å²) in [6, 6.07) is 25.5. The smallest absolute Gasteiger partial charge is 0.281 e. The van der Waals surface area contributed by atoms with Crippen molar-refractivity contribution in [2.45, 2.75) is 25.3 Å². The first kappa shape index (κ1) is 24.8. The van der Waals surface area contributed by atoms with Gasteiger partial charge < -0.3 is 23.7 Å². The lowest BCUT2D eigenvalue weighted by molar-refractivity contribution is -0.135. The molecule has 8 heteroatoms. The van der Waals surface area contributed by atoms with Gasteiger partial charge in [0.1, 0.15) is 5.75 Å². The summed E-state index contributed by atoms with van der Waals surface area (Å²) in [7, 11) is 0. The van der Waals surface area contributed by atoms with E-state index in [-0.39, 0.29) is 38.1 Å². The number of hydrogen-bond acceptors (Lipinski definition) is 7. The van der Waals surface area contributed by atoms with Gasteiger partial charge >= 0.3 is 0 Å². The highest BCUT2D eigenvalue weighted by molar-refractivity contribution is 6.08. The van der Waals surface area contributed by atoms with Crippen molar-refractivity contribution in [1.29, 1.82) is 0 Å². The molecule has 1 amide bonds. The zero-order chi connectivity index (χ0) is 28.0. The molecule has 0 unspecified atom stereocenters. The van der Waals surface area contributed by atoms with Gasteiger partial charge in [-0.05, 0) is 89.2 Å². The molecular weight excluding hydrogens is 532 g/mol. The van der Waals surface area contributed by atoms with E-state index in [2.05, 4.69) is 12.1 Å². The Morgan fingerprint density at radius 3 is 2.48 bits per heavy atom. The van der Waals surface area contributed by atoms with Gasteiger partial charge in [0.2, 0.25) is 13.6 Å². The van der Waals surface area contributed by atoms with Crippen molar-refractivity contribution in [2.24, 2.45) is 11.0 Å². The lowest BCUT2D eigenvalue weighted by Crippen LogP contribution is -2.34. The summed E-state index contributed by atoms with van der Waals surface area (Å²) < 4.78 is 28.3. The summed E-state index contributed by atoms with van der Waals surface area (Å²) in [6.07, 6.45) is 4.96. The fourth-order valence-corrected chi connectivity index (χ4v) is 6.31. The molecule has 8 rings (SSSR count). The first-order valence-electron chi connectivity index (χ1n) is 14.2. The van der Waals surface area contributed by atoms with E-state index in [1.807, 2.05) is 72.8 Å². The van der Waals surface area contributed by atoms with Gasteiger partial charge in [0.25, 0.3) is 5.91 Å². The van der Waals surface area contributed by atoms with Crippen LogP contribution >= 0.6 is 0 Å². The monoisotopic (exact) mass is 560 g/mol. The van der Waals surface area contributed by atoms with E-state index in [0.29, 0.717) is 17.2 Å². The average Bonchev–Trinajstić information content (AvgIpc) is 3.78. The maximum Gasteiger partial charge on any atom is 0.281 e. The number of hydrogen-bond donors (Lipinski definition) is 0. The first-order valence-corrected chi connectivity index (χ1v) is 14.2. The highest BCUT2D eigenvalue weighted by Gasteiger charge is 2.44. The fourth-order valence-electron chi connectivity index (χ4n) is 6.31. The minimum Gasteiger partial charge on any atom is -0.484 e. The van der Waals surface area contributed by atoms with E-state index in [9.17, 15) is 4.79 Å². The van der Waals surface area contributed by atoms with Crippen molar-refractivity contribution in [1.82, 2.24) is 5.01 Å². The Balaban J connectivity index is 1.12. The third-order valence-electron chi connectivity index (χ3n) is 8.32. The number of allylic oxidation sites excluding steroid dienone is 1. The summed E-state index contributed by atoms with van der Waals surface area (Å²) >= 11 is 0. The molecule has 3 heterocycles. The van der Waals surface area contributed by atoms with Crippen LogP contribution in [0.25, 0.3) is 16.8 Å². The summed E-state index contributed by atoms with van der Waals surface area (Å²) in [5.41, 5.74) is 4.05. The second kappa shape index (κ2) is 10.1. The number of hydrazone groups is 1. The number of amides is 1. The van der Waals surface area contributed by atoms with Crippen LogP contribution in [0.3, 0.4) is 0 Å². The average molecular weight is 561 g/mol. The molecule has 0 spiro atoms. The van der Waals surface area contributed by atoms with Gasteiger partial charge in [0.05, 0.1) is 11.8 Å². The SMILES string of the molecule is O=C(COc1ccc2ccccc2c1)N1N=C2/C(=C/c3ccc4c(c3)OCO4)CCC[C@@H]2[C@@H]1c1ccc2c(c1)OCO2. The predicted molar refractivity (Wildman–Crippen MR) is 157 cm³/mol. The van der Waals surface area contributed by atoms with E-state index >= 15 is 0 Å². The molecule has 0 N–H and O–H groups in total. The normalized spacial score (nSPS) is 21.0. The quantitative estimate of drug-likeness (QED) is 0.277. The van der Waals surface area contributed by atoms with Crippen LogP contribution in [0, 0.1) is 5.92 Å². The van der Waals surface area contributed by atoms with Crippen LogP contribution in [0.4, 0.5) is 0 Å². The third kappa shape index (κ3) is 4.40. The lowest BCUT2D eigenvalue weighted by Gasteiger charge is -2.29. The summed E-state index contributed by atoms with van der Waals surface area (Å²) in [5.74, 6) is 3.39. The molecule has 0 radical (unpaired) electrons. The first-order chi connectivity index (χ1) is 20.7. The molecule has 1 fully saturated rings. The topological polar surface area (TPSA) is 78.8 Å². The van der Waals surface area contributed by atoms with Crippen molar-refractivity contribution >= 4 is 28.5 Å².